The largest absolute Gasteiger partial charge is 0.496 e. The van der Waals surface area contributed by atoms with Gasteiger partial charge in [0.15, 0.2) is 0 Å². The van der Waals surface area contributed by atoms with E-state index in [-0.39, 0.29) is 5.91 Å². The highest BCUT2D eigenvalue weighted by Crippen LogP contribution is 2.16. The molecule has 3 aromatic rings. The van der Waals surface area contributed by atoms with E-state index in [4.69, 9.17) is 4.74 Å². The molecule has 0 saturated heterocycles. The summed E-state index contributed by atoms with van der Waals surface area (Å²) in [6, 6.07) is 14.4. The first kappa shape index (κ1) is 15.7. The number of benzene rings is 2. The molecular formula is C17H17N5O2. The minimum absolute atomic E-state index is 0.281. The quantitative estimate of drug-likeness (QED) is 0.576. The third kappa shape index (κ3) is 3.10. The van der Waals surface area contributed by atoms with Crippen molar-refractivity contribution in [2.75, 3.05) is 7.11 Å². The minimum atomic E-state index is -0.535. The van der Waals surface area contributed by atoms with Crippen LogP contribution in [0.5, 0.6) is 5.75 Å². The molecule has 3 rings (SSSR count). The Hall–Kier alpha value is -3.22. The van der Waals surface area contributed by atoms with Crippen LogP contribution in [-0.2, 0) is 4.79 Å². The number of nitrogens with zero attached hydrogens (tertiary/aromatic N) is 4. The lowest BCUT2D eigenvalue weighted by atomic mass is 10.2. The van der Waals surface area contributed by atoms with Crippen LogP contribution >= 0.6 is 0 Å². The molecule has 1 aromatic heterocycles. The lowest BCUT2D eigenvalue weighted by molar-refractivity contribution is -0.124. The maximum absolute atomic E-state index is 12.3. The van der Waals surface area contributed by atoms with Gasteiger partial charge in [0.25, 0.3) is 5.91 Å². The number of carbonyl (C=O) groups excluding carboxylic acids is 1. The topological polar surface area (TPSA) is 81.4 Å². The molecule has 2 aromatic carbocycles. The molecule has 0 unspecified atom stereocenters. The Labute approximate surface area is 138 Å². The van der Waals surface area contributed by atoms with Crippen molar-refractivity contribution in [2.45, 2.75) is 13.0 Å². The molecule has 0 aliphatic rings. The van der Waals surface area contributed by atoms with Gasteiger partial charge in [-0.3, -0.25) is 4.79 Å². The fourth-order valence-electron chi connectivity index (χ4n) is 2.32. The van der Waals surface area contributed by atoms with Crippen LogP contribution in [0, 0.1) is 0 Å². The summed E-state index contributed by atoms with van der Waals surface area (Å²) in [7, 11) is 1.59. The van der Waals surface area contributed by atoms with Gasteiger partial charge in [-0.25, -0.2) is 10.1 Å². The van der Waals surface area contributed by atoms with E-state index >= 15 is 0 Å². The van der Waals surface area contributed by atoms with Crippen LogP contribution in [-0.4, -0.2) is 34.2 Å². The van der Waals surface area contributed by atoms with Gasteiger partial charge >= 0.3 is 0 Å². The van der Waals surface area contributed by atoms with Crippen LogP contribution in [0.1, 0.15) is 18.5 Å². The number of ether oxygens (including phenoxy) is 1. The summed E-state index contributed by atoms with van der Waals surface area (Å²) in [6.07, 6.45) is 1.54. The van der Waals surface area contributed by atoms with E-state index in [1.54, 1.807) is 24.9 Å². The fourth-order valence-corrected chi connectivity index (χ4v) is 2.32. The van der Waals surface area contributed by atoms with Crippen molar-refractivity contribution < 1.29 is 9.53 Å². The van der Waals surface area contributed by atoms with Gasteiger partial charge in [0.1, 0.15) is 17.3 Å². The fraction of sp³-hybridized carbons (Fsp3) is 0.176. The van der Waals surface area contributed by atoms with E-state index in [0.717, 1.165) is 16.6 Å². The number of rotatable bonds is 5. The Morgan fingerprint density at radius 3 is 2.83 bits per heavy atom. The van der Waals surface area contributed by atoms with Crippen molar-refractivity contribution in [3.8, 4) is 5.75 Å². The SMILES string of the molecule is COc1ccccc1/C=N\NC(=O)[C@@H](C)n1nnc2ccccc21. The van der Waals surface area contributed by atoms with Gasteiger partial charge in [0.2, 0.25) is 0 Å². The number of hydrogen-bond acceptors (Lipinski definition) is 5. The highest BCUT2D eigenvalue weighted by Gasteiger charge is 2.18. The zero-order chi connectivity index (χ0) is 16.9. The predicted octanol–water partition coefficient (Wildman–Crippen LogP) is 2.15. The lowest BCUT2D eigenvalue weighted by Crippen LogP contribution is -2.28. The minimum Gasteiger partial charge on any atom is -0.496 e. The maximum atomic E-state index is 12.3. The van der Waals surface area contributed by atoms with Gasteiger partial charge in [-0.05, 0) is 31.2 Å². The number of para-hydroxylation sites is 2. The van der Waals surface area contributed by atoms with Gasteiger partial charge in [0, 0.05) is 5.56 Å². The summed E-state index contributed by atoms with van der Waals surface area (Å²) < 4.78 is 6.80. The normalized spacial score (nSPS) is 12.4. The first-order chi connectivity index (χ1) is 11.7. The molecule has 7 nitrogen and oxygen atoms in total. The molecule has 0 aliphatic carbocycles. The second-order valence-corrected chi connectivity index (χ2v) is 5.17. The molecule has 0 spiro atoms. The van der Waals surface area contributed by atoms with Gasteiger partial charge in [-0.2, -0.15) is 5.10 Å². The summed E-state index contributed by atoms with van der Waals surface area (Å²) in [5.41, 5.74) is 4.84. The van der Waals surface area contributed by atoms with Crippen molar-refractivity contribution in [1.82, 2.24) is 20.4 Å². The molecule has 0 fully saturated rings. The molecule has 1 atom stereocenters. The van der Waals surface area contributed by atoms with E-state index in [1.807, 2.05) is 48.5 Å². The summed E-state index contributed by atoms with van der Waals surface area (Å²) >= 11 is 0. The van der Waals surface area contributed by atoms with Crippen molar-refractivity contribution >= 4 is 23.2 Å². The second-order valence-electron chi connectivity index (χ2n) is 5.17. The van der Waals surface area contributed by atoms with Crippen molar-refractivity contribution in [1.29, 1.82) is 0 Å². The molecule has 1 heterocycles. The molecule has 24 heavy (non-hydrogen) atoms. The molecule has 0 radical (unpaired) electrons. The van der Waals surface area contributed by atoms with Crippen LogP contribution in [0.4, 0.5) is 0 Å². The third-order valence-electron chi connectivity index (χ3n) is 3.64. The van der Waals surface area contributed by atoms with Crippen molar-refractivity contribution in [3.05, 3.63) is 54.1 Å². The first-order valence-corrected chi connectivity index (χ1v) is 7.46. The predicted molar refractivity (Wildman–Crippen MR) is 91.0 cm³/mol. The van der Waals surface area contributed by atoms with Gasteiger partial charge in [-0.15, -0.1) is 5.10 Å². The average Bonchev–Trinajstić information content (AvgIpc) is 3.05. The smallest absolute Gasteiger partial charge is 0.264 e. The Bertz CT molecular complexity index is 887. The van der Waals surface area contributed by atoms with E-state index in [1.165, 1.54) is 0 Å². The van der Waals surface area contributed by atoms with E-state index < -0.39 is 6.04 Å². The number of hydrogen-bond donors (Lipinski definition) is 1. The number of amides is 1. The maximum Gasteiger partial charge on any atom is 0.264 e. The number of hydrazone groups is 1. The zero-order valence-electron chi connectivity index (χ0n) is 13.4. The van der Waals surface area contributed by atoms with Gasteiger partial charge in [-0.1, -0.05) is 29.5 Å². The molecule has 1 amide bonds. The molecule has 0 aliphatic heterocycles. The van der Waals surface area contributed by atoms with E-state index in [2.05, 4.69) is 20.8 Å². The number of fused-ring (bicyclic) bond motifs is 1. The standard InChI is InChI=1S/C17H17N5O2/c1-12(22-15-9-5-4-8-14(15)19-21-22)17(23)20-18-11-13-7-3-6-10-16(13)24-2/h3-12H,1-2H3,(H,20,23)/b18-11-/t12-/m1/s1. The Morgan fingerprint density at radius 2 is 2.00 bits per heavy atom. The third-order valence-corrected chi connectivity index (χ3v) is 3.64. The summed E-state index contributed by atoms with van der Waals surface area (Å²) in [4.78, 5) is 12.3. The van der Waals surface area contributed by atoms with Crippen LogP contribution in [0.15, 0.2) is 53.6 Å². The second kappa shape index (κ2) is 6.91. The molecule has 7 heteroatoms. The van der Waals surface area contributed by atoms with Crippen LogP contribution in [0.3, 0.4) is 0 Å². The number of methoxy groups -OCH3 is 1. The van der Waals surface area contributed by atoms with E-state index in [9.17, 15) is 4.79 Å². The summed E-state index contributed by atoms with van der Waals surface area (Å²) in [5, 5.41) is 12.1. The highest BCUT2D eigenvalue weighted by molar-refractivity contribution is 5.86. The monoisotopic (exact) mass is 323 g/mol. The summed E-state index contributed by atoms with van der Waals surface area (Å²) in [5.74, 6) is 0.405. The lowest BCUT2D eigenvalue weighted by Gasteiger charge is -2.10. The van der Waals surface area contributed by atoms with Crippen LogP contribution < -0.4 is 10.2 Å². The zero-order valence-corrected chi connectivity index (χ0v) is 13.4. The molecule has 122 valence electrons. The Kier molecular flexibility index (Phi) is 4.51. The Balaban J connectivity index is 1.72. The van der Waals surface area contributed by atoms with Gasteiger partial charge in [0.05, 0.1) is 18.8 Å². The van der Waals surface area contributed by atoms with Crippen LogP contribution in [0.2, 0.25) is 0 Å². The Morgan fingerprint density at radius 1 is 1.25 bits per heavy atom. The van der Waals surface area contributed by atoms with Gasteiger partial charge < -0.3 is 4.74 Å². The molecule has 0 saturated carbocycles. The average molecular weight is 323 g/mol. The molecule has 0 bridgehead atoms. The van der Waals surface area contributed by atoms with Crippen molar-refractivity contribution in [2.24, 2.45) is 5.10 Å². The number of aromatic nitrogens is 3. The van der Waals surface area contributed by atoms with Crippen LogP contribution in [0.25, 0.3) is 11.0 Å². The number of nitrogens with one attached hydrogen (secondary N) is 1. The first-order valence-electron chi connectivity index (χ1n) is 7.46. The summed E-state index contributed by atoms with van der Waals surface area (Å²) in [6.45, 7) is 1.75. The molecule has 1 N–H and O–H groups in total. The number of carbonyl (C=O) groups is 1. The highest BCUT2D eigenvalue weighted by atomic mass is 16.5. The van der Waals surface area contributed by atoms with E-state index in [0.29, 0.717) is 5.75 Å². The van der Waals surface area contributed by atoms with Crippen molar-refractivity contribution in [3.63, 3.8) is 0 Å². The molecular weight excluding hydrogens is 306 g/mol.